The van der Waals surface area contributed by atoms with Crippen molar-refractivity contribution < 1.29 is 44.0 Å². The quantitative estimate of drug-likeness (QED) is 0.284. The molecule has 0 rings (SSSR count). The van der Waals surface area contributed by atoms with Crippen LogP contribution in [0, 0.1) is 0 Å². The van der Waals surface area contributed by atoms with Crippen LogP contribution in [-0.2, 0) is 9.13 Å². The summed E-state index contributed by atoms with van der Waals surface area (Å²) in [6.45, 7) is 8.54. The molecule has 0 bridgehead atoms. The first-order chi connectivity index (χ1) is 9.91. The van der Waals surface area contributed by atoms with Gasteiger partial charge in [-0.05, 0) is 0 Å². The van der Waals surface area contributed by atoms with Crippen LogP contribution in [0.2, 0.25) is 0 Å². The van der Waals surface area contributed by atoms with E-state index >= 15 is 0 Å². The Kier molecular flexibility index (Phi) is 36.7. The van der Waals surface area contributed by atoms with Gasteiger partial charge in [0.05, 0.1) is 0 Å². The van der Waals surface area contributed by atoms with Crippen molar-refractivity contribution >= 4 is 15.6 Å². The fourth-order valence-electron chi connectivity index (χ4n) is 1.21. The summed E-state index contributed by atoms with van der Waals surface area (Å²) in [4.78, 5) is 43.1. The zero-order valence-electron chi connectivity index (χ0n) is 14.6. The van der Waals surface area contributed by atoms with E-state index in [0.717, 1.165) is 0 Å². The molecular formula is C12H36O9P2. The first-order valence-electron chi connectivity index (χ1n) is 7.48. The normalized spacial score (nSPS) is 9.83. The van der Waals surface area contributed by atoms with Gasteiger partial charge in [-0.3, -0.25) is 0 Å². The lowest BCUT2D eigenvalue weighted by Crippen LogP contribution is -1.77. The Morgan fingerprint density at radius 1 is 0.565 bits per heavy atom. The van der Waals surface area contributed by atoms with E-state index in [1.54, 1.807) is 0 Å². The lowest BCUT2D eigenvalue weighted by molar-refractivity contribution is 0.272. The third-order valence-electron chi connectivity index (χ3n) is 1.96. The summed E-state index contributed by atoms with van der Waals surface area (Å²) in [7, 11) is -9.28. The summed E-state index contributed by atoms with van der Waals surface area (Å²) in [5, 5.41) is 0. The predicted octanol–water partition coefficient (Wildman–Crippen LogP) is 2.49. The highest BCUT2D eigenvalue weighted by atomic mass is 31.2. The number of rotatable bonds is 7. The number of phosphoric acid groups is 2. The van der Waals surface area contributed by atoms with Gasteiger partial charge < -0.3 is 34.8 Å². The monoisotopic (exact) mass is 386 g/mol. The molecule has 0 saturated carbocycles. The van der Waals surface area contributed by atoms with E-state index in [-0.39, 0.29) is 5.48 Å². The average molecular weight is 386 g/mol. The summed E-state index contributed by atoms with van der Waals surface area (Å²) >= 11 is 0. The van der Waals surface area contributed by atoms with E-state index in [0.29, 0.717) is 0 Å². The van der Waals surface area contributed by atoms with Crippen molar-refractivity contribution in [3.63, 3.8) is 0 Å². The Morgan fingerprint density at radius 3 is 0.826 bits per heavy atom. The first-order valence-corrected chi connectivity index (χ1v) is 10.6. The van der Waals surface area contributed by atoms with Crippen LogP contribution in [0.1, 0.15) is 79.1 Å². The lowest BCUT2D eigenvalue weighted by atomic mass is 10.1. The highest BCUT2D eigenvalue weighted by Crippen LogP contribution is 2.26. The molecule has 0 spiro atoms. The molecule has 0 heterocycles. The van der Waals surface area contributed by atoms with Gasteiger partial charge in [-0.2, -0.15) is 0 Å². The van der Waals surface area contributed by atoms with Gasteiger partial charge in [0.25, 0.3) is 0 Å². The maximum absolute atomic E-state index is 8.88. The first kappa shape index (κ1) is 34.5. The van der Waals surface area contributed by atoms with Gasteiger partial charge in [-0.1, -0.05) is 79.1 Å². The highest BCUT2D eigenvalue weighted by molar-refractivity contribution is 7.45. The summed E-state index contributed by atoms with van der Waals surface area (Å²) < 4.78 is 17.8. The molecular weight excluding hydrogens is 350 g/mol. The molecule has 23 heavy (non-hydrogen) atoms. The second-order valence-corrected chi connectivity index (χ2v) is 6.20. The summed E-state index contributed by atoms with van der Waals surface area (Å²) in [6.07, 6.45) is 11.5. The van der Waals surface area contributed by atoms with Crippen LogP contribution in [0.5, 0.6) is 0 Å². The van der Waals surface area contributed by atoms with Crippen molar-refractivity contribution in [3.05, 3.63) is 0 Å². The van der Waals surface area contributed by atoms with Crippen LogP contribution in [0.3, 0.4) is 0 Å². The zero-order valence-corrected chi connectivity index (χ0v) is 16.3. The molecule has 148 valence electrons. The van der Waals surface area contributed by atoms with Crippen LogP contribution in [0.15, 0.2) is 0 Å². The van der Waals surface area contributed by atoms with E-state index in [1.165, 1.54) is 51.4 Å². The number of hydrogen-bond donors (Lipinski definition) is 6. The van der Waals surface area contributed by atoms with E-state index in [2.05, 4.69) is 13.8 Å². The van der Waals surface area contributed by atoms with Crippen molar-refractivity contribution in [2.75, 3.05) is 0 Å². The van der Waals surface area contributed by atoms with Gasteiger partial charge >= 0.3 is 15.6 Å². The van der Waals surface area contributed by atoms with Crippen LogP contribution in [0.25, 0.3) is 0 Å². The maximum Gasteiger partial charge on any atom is 0.466 e. The van der Waals surface area contributed by atoms with Crippen LogP contribution in [0.4, 0.5) is 0 Å². The lowest BCUT2D eigenvalue weighted by Gasteiger charge is -1.97. The molecule has 9 nitrogen and oxygen atoms in total. The highest BCUT2D eigenvalue weighted by Gasteiger charge is 2.00. The Bertz CT molecular complexity index is 231. The minimum atomic E-state index is -4.64. The van der Waals surface area contributed by atoms with Gasteiger partial charge in [0.2, 0.25) is 0 Å². The third-order valence-corrected chi connectivity index (χ3v) is 1.96. The van der Waals surface area contributed by atoms with Crippen molar-refractivity contribution in [2.24, 2.45) is 0 Å². The summed E-state index contributed by atoms with van der Waals surface area (Å²) in [6, 6.07) is 0. The molecule has 0 aromatic carbocycles. The molecule has 0 amide bonds. The smallest absolute Gasteiger partial charge is 0.412 e. The van der Waals surface area contributed by atoms with E-state index in [1.807, 2.05) is 13.8 Å². The Labute approximate surface area is 139 Å². The van der Waals surface area contributed by atoms with Gasteiger partial charge in [-0.15, -0.1) is 0 Å². The average Bonchev–Trinajstić information content (AvgIpc) is 2.32. The molecule has 0 aromatic heterocycles. The molecule has 0 aromatic rings. The Balaban J connectivity index is -0.0000000711. The van der Waals surface area contributed by atoms with Crippen molar-refractivity contribution in [3.8, 4) is 0 Å². The van der Waals surface area contributed by atoms with Crippen LogP contribution >= 0.6 is 15.6 Å². The van der Waals surface area contributed by atoms with Gasteiger partial charge in [0.1, 0.15) is 0 Å². The van der Waals surface area contributed by atoms with E-state index in [4.69, 9.17) is 38.5 Å². The summed E-state index contributed by atoms with van der Waals surface area (Å²) in [5.41, 5.74) is 0. The minimum Gasteiger partial charge on any atom is -0.412 e. The van der Waals surface area contributed by atoms with Crippen molar-refractivity contribution in [2.45, 2.75) is 79.1 Å². The van der Waals surface area contributed by atoms with Gasteiger partial charge in [0.15, 0.2) is 0 Å². The van der Waals surface area contributed by atoms with Crippen LogP contribution < -0.4 is 0 Å². The van der Waals surface area contributed by atoms with Gasteiger partial charge in [0, 0.05) is 0 Å². The Hall–Kier alpha value is 0.180. The van der Waals surface area contributed by atoms with Gasteiger partial charge in [-0.25, -0.2) is 9.13 Å². The van der Waals surface area contributed by atoms with Crippen LogP contribution in [-0.4, -0.2) is 34.8 Å². The SMILES string of the molecule is CC.CCCCCCCCCC.O.O=P(O)(O)O.O=P(O)(O)O. The molecule has 0 atom stereocenters. The topological polar surface area (TPSA) is 187 Å². The third kappa shape index (κ3) is 175. The maximum atomic E-state index is 8.88. The van der Waals surface area contributed by atoms with E-state index in [9.17, 15) is 0 Å². The molecule has 8 N–H and O–H groups in total. The fourth-order valence-corrected chi connectivity index (χ4v) is 1.21. The van der Waals surface area contributed by atoms with Crippen molar-refractivity contribution in [1.82, 2.24) is 0 Å². The molecule has 0 aliphatic carbocycles. The standard InChI is InChI=1S/C10H22.C2H6.2H3O4P.H2O/c1-3-5-7-9-10-8-6-4-2;1-2;2*1-5(2,3)4;/h3-10H2,1-2H3;1-2H3;2*(H3,1,2,3,4);1H2. The second-order valence-electron chi connectivity index (χ2n) is 4.15. The molecule has 0 aliphatic rings. The zero-order chi connectivity index (χ0) is 18.7. The predicted molar refractivity (Wildman–Crippen MR) is 91.8 cm³/mol. The Morgan fingerprint density at radius 2 is 0.696 bits per heavy atom. The molecule has 0 radical (unpaired) electrons. The molecule has 0 unspecified atom stereocenters. The number of unbranched alkanes of at least 4 members (excludes halogenated alkanes) is 7. The fraction of sp³-hybridized carbons (Fsp3) is 1.00. The van der Waals surface area contributed by atoms with Crippen molar-refractivity contribution in [1.29, 1.82) is 0 Å². The largest absolute Gasteiger partial charge is 0.466 e. The number of hydrogen-bond acceptors (Lipinski definition) is 2. The molecule has 0 aliphatic heterocycles. The van der Waals surface area contributed by atoms with E-state index < -0.39 is 15.6 Å². The molecule has 0 fully saturated rings. The minimum absolute atomic E-state index is 0. The molecule has 0 saturated heterocycles. The molecule has 11 heteroatoms. The summed E-state index contributed by atoms with van der Waals surface area (Å²) in [5.74, 6) is 0. The second kappa shape index (κ2) is 24.4.